The predicted octanol–water partition coefficient (Wildman–Crippen LogP) is 4.67. The SMILES string of the molecule is O=C(O)c1ccccc1C(=O)Nc1cc(C(F)(F)F)cc(C(F)(F)F)c1. The monoisotopic (exact) mass is 377 g/mol. The minimum absolute atomic E-state index is 0.0825. The number of carboxylic acids is 1. The van der Waals surface area contributed by atoms with Gasteiger partial charge in [0.1, 0.15) is 0 Å². The van der Waals surface area contributed by atoms with Crippen LogP contribution < -0.4 is 5.32 Å². The van der Waals surface area contributed by atoms with E-state index in [-0.39, 0.29) is 6.07 Å². The zero-order valence-electron chi connectivity index (χ0n) is 12.6. The number of aromatic carboxylic acids is 1. The first-order valence-electron chi connectivity index (χ1n) is 6.83. The lowest BCUT2D eigenvalue weighted by molar-refractivity contribution is -0.143. The molecular weight excluding hydrogens is 368 g/mol. The van der Waals surface area contributed by atoms with Gasteiger partial charge in [-0.2, -0.15) is 26.3 Å². The number of rotatable bonds is 3. The Labute approximate surface area is 142 Å². The van der Waals surface area contributed by atoms with Crippen molar-refractivity contribution in [3.63, 3.8) is 0 Å². The molecule has 138 valence electrons. The van der Waals surface area contributed by atoms with Gasteiger partial charge in [0.15, 0.2) is 0 Å². The molecule has 2 rings (SSSR count). The van der Waals surface area contributed by atoms with Crippen LogP contribution in [-0.4, -0.2) is 17.0 Å². The third-order valence-corrected chi connectivity index (χ3v) is 3.25. The fraction of sp³-hybridized carbons (Fsp3) is 0.125. The third-order valence-electron chi connectivity index (χ3n) is 3.25. The van der Waals surface area contributed by atoms with Crippen LogP contribution in [0.2, 0.25) is 0 Å². The molecule has 0 saturated heterocycles. The van der Waals surface area contributed by atoms with Gasteiger partial charge < -0.3 is 10.4 Å². The predicted molar refractivity (Wildman–Crippen MR) is 77.8 cm³/mol. The second-order valence-electron chi connectivity index (χ2n) is 5.10. The number of alkyl halides is 6. The Morgan fingerprint density at radius 3 is 1.69 bits per heavy atom. The fourth-order valence-corrected chi connectivity index (χ4v) is 2.09. The maximum atomic E-state index is 12.8. The fourth-order valence-electron chi connectivity index (χ4n) is 2.09. The molecule has 10 heteroatoms. The summed E-state index contributed by atoms with van der Waals surface area (Å²) in [6, 6.07) is 5.34. The molecule has 0 fully saturated rings. The Morgan fingerprint density at radius 1 is 0.808 bits per heavy atom. The second-order valence-corrected chi connectivity index (χ2v) is 5.10. The van der Waals surface area contributed by atoms with Crippen LogP contribution in [0.1, 0.15) is 31.8 Å². The van der Waals surface area contributed by atoms with E-state index in [1.54, 1.807) is 0 Å². The maximum absolute atomic E-state index is 12.8. The first kappa shape index (κ1) is 19.3. The Morgan fingerprint density at radius 2 is 1.27 bits per heavy atom. The van der Waals surface area contributed by atoms with Crippen LogP contribution >= 0.6 is 0 Å². The Kier molecular flexibility index (Phi) is 4.97. The molecule has 2 aromatic carbocycles. The Bertz CT molecular complexity index is 826. The summed E-state index contributed by atoms with van der Waals surface area (Å²) in [5.74, 6) is -2.63. The number of hydrogen-bond donors (Lipinski definition) is 2. The van der Waals surface area contributed by atoms with Crippen molar-refractivity contribution in [2.45, 2.75) is 12.4 Å². The second kappa shape index (κ2) is 6.70. The van der Waals surface area contributed by atoms with Crippen molar-refractivity contribution in [3.05, 3.63) is 64.7 Å². The molecule has 0 spiro atoms. The first-order valence-corrected chi connectivity index (χ1v) is 6.83. The van der Waals surface area contributed by atoms with Crippen molar-refractivity contribution in [2.75, 3.05) is 5.32 Å². The van der Waals surface area contributed by atoms with E-state index in [4.69, 9.17) is 5.11 Å². The summed E-state index contributed by atoms with van der Waals surface area (Å²) in [6.07, 6.45) is -10.1. The van der Waals surface area contributed by atoms with Crippen molar-refractivity contribution in [2.24, 2.45) is 0 Å². The topological polar surface area (TPSA) is 66.4 Å². The zero-order chi connectivity index (χ0) is 19.7. The van der Waals surface area contributed by atoms with E-state index in [1.807, 2.05) is 5.32 Å². The molecule has 2 N–H and O–H groups in total. The van der Waals surface area contributed by atoms with E-state index in [0.29, 0.717) is 12.1 Å². The van der Waals surface area contributed by atoms with E-state index in [2.05, 4.69) is 0 Å². The quantitative estimate of drug-likeness (QED) is 0.764. The van der Waals surface area contributed by atoms with Crippen LogP contribution in [0.15, 0.2) is 42.5 Å². The van der Waals surface area contributed by atoms with Gasteiger partial charge in [-0.05, 0) is 30.3 Å². The number of carboxylic acid groups (broad SMARTS) is 1. The van der Waals surface area contributed by atoms with Gasteiger partial charge in [-0.15, -0.1) is 0 Å². The molecule has 0 radical (unpaired) electrons. The molecule has 0 aliphatic rings. The Hall–Kier alpha value is -3.04. The van der Waals surface area contributed by atoms with Crippen LogP contribution in [0, 0.1) is 0 Å². The number of hydrogen-bond acceptors (Lipinski definition) is 2. The summed E-state index contributed by atoms with van der Waals surface area (Å²) in [7, 11) is 0. The molecule has 2 aromatic rings. The number of nitrogens with one attached hydrogen (secondary N) is 1. The number of carbonyl (C=O) groups excluding carboxylic acids is 1. The molecule has 26 heavy (non-hydrogen) atoms. The molecule has 0 unspecified atom stereocenters. The molecular formula is C16H9F6NO3. The minimum Gasteiger partial charge on any atom is -0.478 e. The number of carbonyl (C=O) groups is 2. The number of benzene rings is 2. The molecule has 0 aromatic heterocycles. The minimum atomic E-state index is -5.07. The van der Waals surface area contributed by atoms with Crippen molar-refractivity contribution in [3.8, 4) is 0 Å². The lowest BCUT2D eigenvalue weighted by Gasteiger charge is -2.15. The van der Waals surface area contributed by atoms with E-state index in [0.717, 1.165) is 12.1 Å². The largest absolute Gasteiger partial charge is 0.478 e. The molecule has 0 atom stereocenters. The highest BCUT2D eigenvalue weighted by Crippen LogP contribution is 2.37. The molecule has 0 bridgehead atoms. The van der Waals surface area contributed by atoms with Gasteiger partial charge in [0.2, 0.25) is 0 Å². The normalized spacial score (nSPS) is 11.9. The van der Waals surface area contributed by atoms with Gasteiger partial charge in [0.05, 0.1) is 22.3 Å². The van der Waals surface area contributed by atoms with Gasteiger partial charge in [0.25, 0.3) is 5.91 Å². The molecule has 4 nitrogen and oxygen atoms in total. The van der Waals surface area contributed by atoms with Crippen molar-refractivity contribution < 1.29 is 41.0 Å². The lowest BCUT2D eigenvalue weighted by Crippen LogP contribution is -2.18. The standard InChI is InChI=1S/C16H9F6NO3/c17-15(18,19)8-5-9(16(20,21)22)7-10(6-8)23-13(24)11-3-1-2-4-12(11)14(25)26/h1-7H,(H,23,24)(H,25,26). The van der Waals surface area contributed by atoms with Crippen molar-refractivity contribution >= 4 is 17.6 Å². The van der Waals surface area contributed by atoms with E-state index < -0.39 is 52.2 Å². The summed E-state index contributed by atoms with van der Waals surface area (Å²) >= 11 is 0. The summed E-state index contributed by atoms with van der Waals surface area (Å²) in [6.45, 7) is 0. The summed E-state index contributed by atoms with van der Waals surface area (Å²) in [5.41, 5.74) is -4.83. The van der Waals surface area contributed by atoms with Gasteiger partial charge in [0, 0.05) is 5.69 Å². The van der Waals surface area contributed by atoms with Gasteiger partial charge >= 0.3 is 18.3 Å². The number of amides is 1. The van der Waals surface area contributed by atoms with Crippen LogP contribution in [0.4, 0.5) is 32.0 Å². The van der Waals surface area contributed by atoms with E-state index in [1.165, 1.54) is 12.1 Å². The lowest BCUT2D eigenvalue weighted by atomic mass is 10.1. The van der Waals surface area contributed by atoms with Crippen molar-refractivity contribution in [1.29, 1.82) is 0 Å². The highest BCUT2D eigenvalue weighted by atomic mass is 19.4. The molecule has 0 aliphatic heterocycles. The van der Waals surface area contributed by atoms with Crippen molar-refractivity contribution in [1.82, 2.24) is 0 Å². The van der Waals surface area contributed by atoms with Crippen LogP contribution in [0.25, 0.3) is 0 Å². The Balaban J connectivity index is 2.46. The smallest absolute Gasteiger partial charge is 0.416 e. The van der Waals surface area contributed by atoms with Gasteiger partial charge in [-0.3, -0.25) is 4.79 Å². The number of anilines is 1. The summed E-state index contributed by atoms with van der Waals surface area (Å²) < 4.78 is 76.9. The highest BCUT2D eigenvalue weighted by Gasteiger charge is 2.37. The van der Waals surface area contributed by atoms with Crippen LogP contribution in [0.5, 0.6) is 0 Å². The third kappa shape index (κ3) is 4.32. The summed E-state index contributed by atoms with van der Waals surface area (Å²) in [5, 5.41) is 10.9. The summed E-state index contributed by atoms with van der Waals surface area (Å²) in [4.78, 5) is 23.2. The highest BCUT2D eigenvalue weighted by molar-refractivity contribution is 6.10. The molecule has 0 aliphatic carbocycles. The molecule has 0 heterocycles. The average Bonchev–Trinajstić information content (AvgIpc) is 2.52. The van der Waals surface area contributed by atoms with Crippen LogP contribution in [-0.2, 0) is 12.4 Å². The number of halogens is 6. The van der Waals surface area contributed by atoms with E-state index >= 15 is 0 Å². The first-order chi connectivity index (χ1) is 11.9. The zero-order valence-corrected chi connectivity index (χ0v) is 12.6. The van der Waals surface area contributed by atoms with Crippen LogP contribution in [0.3, 0.4) is 0 Å². The average molecular weight is 377 g/mol. The maximum Gasteiger partial charge on any atom is 0.416 e. The molecule has 0 saturated carbocycles. The van der Waals surface area contributed by atoms with Gasteiger partial charge in [-0.25, -0.2) is 4.79 Å². The van der Waals surface area contributed by atoms with E-state index in [9.17, 15) is 35.9 Å². The van der Waals surface area contributed by atoms with Gasteiger partial charge in [-0.1, -0.05) is 12.1 Å². The molecule has 1 amide bonds.